The number of hydrogen-bond acceptors (Lipinski definition) is 2. The van der Waals surface area contributed by atoms with Crippen LogP contribution in [0.15, 0.2) is 6.20 Å². The third-order valence-corrected chi connectivity index (χ3v) is 2.85. The molecule has 0 saturated heterocycles. The van der Waals surface area contributed by atoms with Gasteiger partial charge in [-0.1, -0.05) is 0 Å². The molecule has 0 aliphatic rings. The van der Waals surface area contributed by atoms with E-state index in [9.17, 15) is 0 Å². The SMILES string of the molecule is CSC(C)c1c(C)cnn1C. The van der Waals surface area contributed by atoms with E-state index in [1.54, 1.807) is 0 Å². The lowest BCUT2D eigenvalue weighted by Crippen LogP contribution is -2.00. The average Bonchev–Trinajstić information content (AvgIpc) is 2.30. The van der Waals surface area contributed by atoms with Crippen LogP contribution in [0.3, 0.4) is 0 Å². The van der Waals surface area contributed by atoms with Crippen LogP contribution < -0.4 is 0 Å². The van der Waals surface area contributed by atoms with Crippen LogP contribution in [0.25, 0.3) is 0 Å². The summed E-state index contributed by atoms with van der Waals surface area (Å²) < 4.78 is 1.95. The molecule has 1 aromatic rings. The van der Waals surface area contributed by atoms with Gasteiger partial charge >= 0.3 is 0 Å². The van der Waals surface area contributed by atoms with Gasteiger partial charge in [-0.05, 0) is 25.7 Å². The summed E-state index contributed by atoms with van der Waals surface area (Å²) in [6.07, 6.45) is 4.04. The third kappa shape index (κ3) is 1.59. The van der Waals surface area contributed by atoms with Gasteiger partial charge in [-0.3, -0.25) is 4.68 Å². The number of nitrogens with zero attached hydrogens (tertiary/aromatic N) is 2. The number of rotatable bonds is 2. The quantitative estimate of drug-likeness (QED) is 0.677. The van der Waals surface area contributed by atoms with Gasteiger partial charge in [-0.25, -0.2) is 0 Å². The zero-order chi connectivity index (χ0) is 8.43. The van der Waals surface area contributed by atoms with Gasteiger partial charge in [-0.2, -0.15) is 16.9 Å². The molecule has 3 heteroatoms. The van der Waals surface area contributed by atoms with E-state index in [1.807, 2.05) is 29.7 Å². The molecule has 1 unspecified atom stereocenters. The molecular weight excluding hydrogens is 156 g/mol. The van der Waals surface area contributed by atoms with Crippen molar-refractivity contribution in [1.82, 2.24) is 9.78 Å². The molecule has 0 bridgehead atoms. The first-order chi connectivity index (χ1) is 5.16. The maximum atomic E-state index is 4.19. The Hall–Kier alpha value is -0.440. The Kier molecular flexibility index (Phi) is 2.60. The van der Waals surface area contributed by atoms with Gasteiger partial charge in [0.2, 0.25) is 0 Å². The lowest BCUT2D eigenvalue weighted by Gasteiger charge is -2.09. The first-order valence-corrected chi connectivity index (χ1v) is 4.97. The maximum Gasteiger partial charge on any atom is 0.0536 e. The molecule has 1 aromatic heterocycles. The van der Waals surface area contributed by atoms with Crippen LogP contribution in [-0.4, -0.2) is 16.0 Å². The molecule has 1 heterocycles. The third-order valence-electron chi connectivity index (χ3n) is 1.92. The molecule has 2 nitrogen and oxygen atoms in total. The molecule has 0 spiro atoms. The molecule has 0 fully saturated rings. The van der Waals surface area contributed by atoms with E-state index >= 15 is 0 Å². The molecular formula is C8H14N2S. The summed E-state index contributed by atoms with van der Waals surface area (Å²) in [6.45, 7) is 4.31. The first kappa shape index (κ1) is 8.65. The van der Waals surface area contributed by atoms with Crippen molar-refractivity contribution in [2.45, 2.75) is 19.1 Å². The molecule has 11 heavy (non-hydrogen) atoms. The highest BCUT2D eigenvalue weighted by Gasteiger charge is 2.10. The van der Waals surface area contributed by atoms with Crippen LogP contribution in [0, 0.1) is 6.92 Å². The highest BCUT2D eigenvalue weighted by atomic mass is 32.2. The minimum atomic E-state index is 0.544. The lowest BCUT2D eigenvalue weighted by atomic mass is 10.2. The minimum absolute atomic E-state index is 0.544. The van der Waals surface area contributed by atoms with Crippen LogP contribution in [-0.2, 0) is 7.05 Å². The van der Waals surface area contributed by atoms with Gasteiger partial charge in [0.25, 0.3) is 0 Å². The largest absolute Gasteiger partial charge is 0.271 e. The summed E-state index contributed by atoms with van der Waals surface area (Å²) in [5, 5.41) is 4.73. The Morgan fingerprint density at radius 1 is 1.64 bits per heavy atom. The molecule has 0 amide bonds. The fourth-order valence-electron chi connectivity index (χ4n) is 1.25. The Labute approximate surface area is 72.0 Å². The summed E-state index contributed by atoms with van der Waals surface area (Å²) in [7, 11) is 2.00. The molecule has 1 rings (SSSR count). The first-order valence-electron chi connectivity index (χ1n) is 3.68. The summed E-state index contributed by atoms with van der Waals surface area (Å²) in [5.41, 5.74) is 2.62. The summed E-state index contributed by atoms with van der Waals surface area (Å²) in [6, 6.07) is 0. The Bertz CT molecular complexity index is 223. The fourth-order valence-corrected chi connectivity index (χ4v) is 1.81. The van der Waals surface area contributed by atoms with E-state index in [0.29, 0.717) is 5.25 Å². The van der Waals surface area contributed by atoms with Crippen molar-refractivity contribution < 1.29 is 0 Å². The van der Waals surface area contributed by atoms with Crippen molar-refractivity contribution in [1.29, 1.82) is 0 Å². The average molecular weight is 170 g/mol. The predicted molar refractivity (Wildman–Crippen MR) is 49.9 cm³/mol. The second-order valence-corrected chi connectivity index (χ2v) is 3.89. The van der Waals surface area contributed by atoms with Crippen LogP contribution in [0.2, 0.25) is 0 Å². The summed E-state index contributed by atoms with van der Waals surface area (Å²) in [4.78, 5) is 0. The van der Waals surface area contributed by atoms with Crippen molar-refractivity contribution in [2.24, 2.45) is 7.05 Å². The van der Waals surface area contributed by atoms with Crippen LogP contribution in [0.4, 0.5) is 0 Å². The highest BCUT2D eigenvalue weighted by Crippen LogP contribution is 2.27. The van der Waals surface area contributed by atoms with E-state index in [1.165, 1.54) is 11.3 Å². The van der Waals surface area contributed by atoms with Gasteiger partial charge < -0.3 is 0 Å². The van der Waals surface area contributed by atoms with Crippen LogP contribution in [0.5, 0.6) is 0 Å². The van der Waals surface area contributed by atoms with Crippen molar-refractivity contribution in [3.05, 3.63) is 17.5 Å². The fraction of sp³-hybridized carbons (Fsp3) is 0.625. The molecule has 0 aromatic carbocycles. The smallest absolute Gasteiger partial charge is 0.0536 e. The number of aromatic nitrogens is 2. The second-order valence-electron chi connectivity index (χ2n) is 2.71. The van der Waals surface area contributed by atoms with E-state index < -0.39 is 0 Å². The normalized spacial score (nSPS) is 13.5. The summed E-state index contributed by atoms with van der Waals surface area (Å²) >= 11 is 1.85. The molecule has 0 radical (unpaired) electrons. The Morgan fingerprint density at radius 2 is 2.27 bits per heavy atom. The highest BCUT2D eigenvalue weighted by molar-refractivity contribution is 7.98. The van der Waals surface area contributed by atoms with Gasteiger partial charge in [-0.15, -0.1) is 0 Å². The summed E-state index contributed by atoms with van der Waals surface area (Å²) in [5.74, 6) is 0. The van der Waals surface area contributed by atoms with Crippen LogP contribution in [0.1, 0.15) is 23.4 Å². The molecule has 0 N–H and O–H groups in total. The van der Waals surface area contributed by atoms with Crippen molar-refractivity contribution in [2.75, 3.05) is 6.26 Å². The van der Waals surface area contributed by atoms with Gasteiger partial charge in [0.1, 0.15) is 0 Å². The van der Waals surface area contributed by atoms with Crippen molar-refractivity contribution in [3.63, 3.8) is 0 Å². The lowest BCUT2D eigenvalue weighted by molar-refractivity contribution is 0.712. The molecule has 0 aliphatic heterocycles. The second kappa shape index (κ2) is 3.30. The van der Waals surface area contributed by atoms with Crippen molar-refractivity contribution in [3.8, 4) is 0 Å². The van der Waals surface area contributed by atoms with Gasteiger partial charge in [0.15, 0.2) is 0 Å². The van der Waals surface area contributed by atoms with E-state index in [2.05, 4.69) is 25.2 Å². The van der Waals surface area contributed by atoms with E-state index in [-0.39, 0.29) is 0 Å². The number of thioether (sulfide) groups is 1. The van der Waals surface area contributed by atoms with E-state index in [0.717, 1.165) is 0 Å². The topological polar surface area (TPSA) is 17.8 Å². The standard InChI is InChI=1S/C8H14N2S/c1-6-5-9-10(3)8(6)7(2)11-4/h5,7H,1-4H3. The predicted octanol–water partition coefficient (Wildman–Crippen LogP) is 2.15. The van der Waals surface area contributed by atoms with Crippen molar-refractivity contribution >= 4 is 11.8 Å². The number of hydrogen-bond donors (Lipinski definition) is 0. The van der Waals surface area contributed by atoms with Gasteiger partial charge in [0, 0.05) is 12.3 Å². The molecule has 0 aliphatic carbocycles. The van der Waals surface area contributed by atoms with Gasteiger partial charge in [0.05, 0.1) is 11.9 Å². The maximum absolute atomic E-state index is 4.19. The monoisotopic (exact) mass is 170 g/mol. The Balaban J connectivity index is 3.00. The zero-order valence-electron chi connectivity index (χ0n) is 7.46. The Morgan fingerprint density at radius 3 is 2.64 bits per heavy atom. The van der Waals surface area contributed by atoms with E-state index in [4.69, 9.17) is 0 Å². The zero-order valence-corrected chi connectivity index (χ0v) is 8.27. The number of aryl methyl sites for hydroxylation is 2. The minimum Gasteiger partial charge on any atom is -0.271 e. The molecule has 1 atom stereocenters. The molecule has 62 valence electrons. The van der Waals surface area contributed by atoms with Crippen LogP contribution >= 0.6 is 11.8 Å². The molecule has 0 saturated carbocycles.